The van der Waals surface area contributed by atoms with Gasteiger partial charge in [0.15, 0.2) is 0 Å². The molecule has 0 saturated heterocycles. The molecule has 0 atom stereocenters. The van der Waals surface area contributed by atoms with E-state index in [1.807, 2.05) is 31.2 Å². The van der Waals surface area contributed by atoms with Gasteiger partial charge in [-0.3, -0.25) is 5.10 Å². The Morgan fingerprint density at radius 2 is 2.33 bits per heavy atom. The van der Waals surface area contributed by atoms with Crippen LogP contribution in [0.15, 0.2) is 29.4 Å². The molecule has 0 unspecified atom stereocenters. The van der Waals surface area contributed by atoms with Crippen LogP contribution < -0.4 is 5.73 Å². The highest BCUT2D eigenvalue weighted by Gasteiger charge is 2.01. The van der Waals surface area contributed by atoms with Crippen LogP contribution in [0.2, 0.25) is 0 Å². The lowest BCUT2D eigenvalue weighted by Gasteiger charge is -1.99. The third kappa shape index (κ3) is 2.73. The topological polar surface area (TPSA) is 67.6 Å². The zero-order chi connectivity index (χ0) is 10.7. The van der Waals surface area contributed by atoms with Crippen LogP contribution >= 0.6 is 11.8 Å². The van der Waals surface area contributed by atoms with E-state index < -0.39 is 0 Å². The Morgan fingerprint density at radius 1 is 1.47 bits per heavy atom. The Balaban J connectivity index is 1.99. The average molecular weight is 220 g/mol. The number of aromatic nitrogens is 3. The molecule has 78 valence electrons. The zero-order valence-electron chi connectivity index (χ0n) is 8.40. The Labute approximate surface area is 92.3 Å². The molecule has 0 aliphatic carbocycles. The molecule has 0 bridgehead atoms. The molecule has 0 fully saturated rings. The fraction of sp³-hybridized carbons (Fsp3) is 0.200. The van der Waals surface area contributed by atoms with Crippen molar-refractivity contribution in [3.8, 4) is 0 Å². The number of nitrogens with two attached hydrogens (primary N) is 1. The molecule has 3 N–H and O–H groups in total. The van der Waals surface area contributed by atoms with Gasteiger partial charge in [0, 0.05) is 11.4 Å². The Hall–Kier alpha value is -1.49. The van der Waals surface area contributed by atoms with Crippen molar-refractivity contribution in [3.63, 3.8) is 0 Å². The van der Waals surface area contributed by atoms with E-state index in [0.717, 1.165) is 22.4 Å². The molecule has 15 heavy (non-hydrogen) atoms. The lowest BCUT2D eigenvalue weighted by Crippen LogP contribution is -1.87. The Kier molecular flexibility index (Phi) is 2.91. The van der Waals surface area contributed by atoms with Gasteiger partial charge in [-0.1, -0.05) is 23.9 Å². The first-order valence-corrected chi connectivity index (χ1v) is 5.59. The smallest absolute Gasteiger partial charge is 0.208 e. The SMILES string of the molecule is Cc1nc(SCc2cccc(N)c2)n[nH]1. The predicted octanol–water partition coefficient (Wildman–Crippen LogP) is 1.99. The van der Waals surface area contributed by atoms with Crippen LogP contribution in [-0.2, 0) is 5.75 Å². The highest BCUT2D eigenvalue weighted by Crippen LogP contribution is 2.19. The van der Waals surface area contributed by atoms with Crippen LogP contribution in [0, 0.1) is 6.92 Å². The first-order valence-electron chi connectivity index (χ1n) is 4.60. The van der Waals surface area contributed by atoms with Crippen molar-refractivity contribution in [2.45, 2.75) is 17.8 Å². The van der Waals surface area contributed by atoms with Gasteiger partial charge >= 0.3 is 0 Å². The number of aromatic amines is 1. The van der Waals surface area contributed by atoms with E-state index in [0.29, 0.717) is 0 Å². The number of hydrogen-bond acceptors (Lipinski definition) is 4. The highest BCUT2D eigenvalue weighted by molar-refractivity contribution is 7.98. The minimum Gasteiger partial charge on any atom is -0.399 e. The molecule has 5 heteroatoms. The second kappa shape index (κ2) is 4.35. The van der Waals surface area contributed by atoms with Crippen molar-refractivity contribution in [1.29, 1.82) is 0 Å². The van der Waals surface area contributed by atoms with E-state index in [4.69, 9.17) is 5.73 Å². The maximum atomic E-state index is 5.68. The van der Waals surface area contributed by atoms with Crippen LogP contribution in [0.5, 0.6) is 0 Å². The standard InChI is InChI=1S/C10H12N4S/c1-7-12-10(14-13-7)15-6-8-3-2-4-9(11)5-8/h2-5H,6,11H2,1H3,(H,12,13,14). The number of H-pyrrole nitrogens is 1. The van der Waals surface area contributed by atoms with Gasteiger partial charge in [0.05, 0.1) is 0 Å². The van der Waals surface area contributed by atoms with E-state index in [1.54, 1.807) is 11.8 Å². The lowest BCUT2D eigenvalue weighted by molar-refractivity contribution is 0.969. The number of nitrogens with one attached hydrogen (secondary N) is 1. The summed E-state index contributed by atoms with van der Waals surface area (Å²) >= 11 is 1.59. The van der Waals surface area contributed by atoms with Gasteiger partial charge in [0.25, 0.3) is 0 Å². The van der Waals surface area contributed by atoms with E-state index in [2.05, 4.69) is 15.2 Å². The quantitative estimate of drug-likeness (QED) is 0.613. The van der Waals surface area contributed by atoms with Crippen molar-refractivity contribution in [2.75, 3.05) is 5.73 Å². The summed E-state index contributed by atoms with van der Waals surface area (Å²) < 4.78 is 0. The molecule has 0 radical (unpaired) electrons. The summed E-state index contributed by atoms with van der Waals surface area (Å²) in [5, 5.41) is 7.63. The number of benzene rings is 1. The van der Waals surface area contributed by atoms with Gasteiger partial charge < -0.3 is 5.73 Å². The maximum Gasteiger partial charge on any atom is 0.208 e. The summed E-state index contributed by atoms with van der Waals surface area (Å²) in [5.41, 5.74) is 7.66. The molecule has 0 aliphatic rings. The number of rotatable bonds is 3. The van der Waals surface area contributed by atoms with Crippen molar-refractivity contribution >= 4 is 17.4 Å². The monoisotopic (exact) mass is 220 g/mol. The Morgan fingerprint density at radius 3 is 3.00 bits per heavy atom. The van der Waals surface area contributed by atoms with Crippen molar-refractivity contribution in [3.05, 3.63) is 35.7 Å². The number of thioether (sulfide) groups is 1. The van der Waals surface area contributed by atoms with Crippen LogP contribution in [0.25, 0.3) is 0 Å². The molecular weight excluding hydrogens is 208 g/mol. The summed E-state index contributed by atoms with van der Waals surface area (Å²) in [5.74, 6) is 1.67. The molecule has 4 nitrogen and oxygen atoms in total. The summed E-state index contributed by atoms with van der Waals surface area (Å²) in [7, 11) is 0. The largest absolute Gasteiger partial charge is 0.399 e. The highest BCUT2D eigenvalue weighted by atomic mass is 32.2. The summed E-state index contributed by atoms with van der Waals surface area (Å²) in [6.45, 7) is 1.89. The minimum atomic E-state index is 0.773. The summed E-state index contributed by atoms with van der Waals surface area (Å²) in [6.07, 6.45) is 0. The van der Waals surface area contributed by atoms with Crippen LogP contribution in [0.1, 0.15) is 11.4 Å². The van der Waals surface area contributed by atoms with Gasteiger partial charge in [-0.05, 0) is 24.6 Å². The number of aryl methyl sites for hydroxylation is 1. The molecule has 1 aromatic carbocycles. The molecular formula is C10H12N4S. The molecule has 0 saturated carbocycles. The Bertz CT molecular complexity index is 452. The van der Waals surface area contributed by atoms with Crippen molar-refractivity contribution in [2.24, 2.45) is 0 Å². The second-order valence-corrected chi connectivity index (χ2v) is 4.18. The molecule has 0 amide bonds. The van der Waals surface area contributed by atoms with Gasteiger partial charge in [0.2, 0.25) is 5.16 Å². The molecule has 2 rings (SSSR count). The third-order valence-electron chi connectivity index (χ3n) is 1.90. The predicted molar refractivity (Wildman–Crippen MR) is 61.5 cm³/mol. The van der Waals surface area contributed by atoms with E-state index in [1.165, 1.54) is 5.56 Å². The fourth-order valence-electron chi connectivity index (χ4n) is 1.22. The van der Waals surface area contributed by atoms with Crippen LogP contribution in [0.3, 0.4) is 0 Å². The number of nitrogen functional groups attached to an aromatic ring is 1. The fourth-order valence-corrected chi connectivity index (χ4v) is 2.00. The van der Waals surface area contributed by atoms with Gasteiger partial charge in [-0.2, -0.15) is 0 Å². The molecule has 2 aromatic rings. The summed E-state index contributed by atoms with van der Waals surface area (Å²) in [6, 6.07) is 7.84. The van der Waals surface area contributed by atoms with E-state index >= 15 is 0 Å². The van der Waals surface area contributed by atoms with E-state index in [9.17, 15) is 0 Å². The van der Waals surface area contributed by atoms with Crippen LogP contribution in [-0.4, -0.2) is 15.2 Å². The molecule has 1 heterocycles. The zero-order valence-corrected chi connectivity index (χ0v) is 9.21. The van der Waals surface area contributed by atoms with Gasteiger partial charge in [0.1, 0.15) is 5.82 Å². The second-order valence-electron chi connectivity index (χ2n) is 3.24. The van der Waals surface area contributed by atoms with Crippen LogP contribution in [0.4, 0.5) is 5.69 Å². The normalized spacial score (nSPS) is 10.5. The first-order chi connectivity index (χ1) is 7.24. The van der Waals surface area contributed by atoms with E-state index in [-0.39, 0.29) is 0 Å². The minimum absolute atomic E-state index is 0.773. The maximum absolute atomic E-state index is 5.68. The molecule has 1 aromatic heterocycles. The number of anilines is 1. The third-order valence-corrected chi connectivity index (χ3v) is 2.81. The van der Waals surface area contributed by atoms with Gasteiger partial charge in [-0.25, -0.2) is 4.98 Å². The van der Waals surface area contributed by atoms with Crippen molar-refractivity contribution < 1.29 is 0 Å². The average Bonchev–Trinajstić information content (AvgIpc) is 2.62. The molecule has 0 aliphatic heterocycles. The lowest BCUT2D eigenvalue weighted by atomic mass is 10.2. The number of nitrogens with zero attached hydrogens (tertiary/aromatic N) is 2. The first kappa shape index (κ1) is 10.0. The number of hydrogen-bond donors (Lipinski definition) is 2. The molecule has 0 spiro atoms. The van der Waals surface area contributed by atoms with Crippen molar-refractivity contribution in [1.82, 2.24) is 15.2 Å². The summed E-state index contributed by atoms with van der Waals surface area (Å²) in [4.78, 5) is 4.21. The van der Waals surface area contributed by atoms with Gasteiger partial charge in [-0.15, -0.1) is 5.10 Å².